The molecule has 0 saturated heterocycles. The topological polar surface area (TPSA) is 75.1 Å². The van der Waals surface area contributed by atoms with Crippen molar-refractivity contribution in [1.29, 1.82) is 0 Å². The Morgan fingerprint density at radius 1 is 1.24 bits per heavy atom. The number of aromatic amines is 1. The molecule has 0 aliphatic carbocycles. The Bertz CT molecular complexity index is 1080. The highest BCUT2D eigenvalue weighted by Gasteiger charge is 2.13. The molecule has 0 aliphatic heterocycles. The third-order valence-corrected chi connectivity index (χ3v) is 4.93. The summed E-state index contributed by atoms with van der Waals surface area (Å²) in [6.45, 7) is 4.03. The average molecular weight is 351 g/mol. The van der Waals surface area contributed by atoms with Crippen LogP contribution in [0, 0.1) is 13.8 Å². The first kappa shape index (κ1) is 15.7. The number of nitrogens with one attached hydrogen (secondary N) is 2. The van der Waals surface area contributed by atoms with Crippen molar-refractivity contribution in [1.82, 2.24) is 19.6 Å². The van der Waals surface area contributed by atoms with Gasteiger partial charge in [-0.25, -0.2) is 10.1 Å². The SMILES string of the molecule is Cc1ccc(NC(=O)CSc2n[nH]c3nc4ccccc4n23)c(C)c1. The molecule has 7 heteroatoms. The predicted octanol–water partition coefficient (Wildman–Crippen LogP) is 3.56. The first-order valence-electron chi connectivity index (χ1n) is 7.93. The molecule has 0 saturated carbocycles. The van der Waals surface area contributed by atoms with Gasteiger partial charge in [0.2, 0.25) is 11.7 Å². The number of thioether (sulfide) groups is 1. The fraction of sp³-hybridized carbons (Fsp3) is 0.167. The van der Waals surface area contributed by atoms with E-state index in [1.165, 1.54) is 17.3 Å². The van der Waals surface area contributed by atoms with E-state index >= 15 is 0 Å². The van der Waals surface area contributed by atoms with E-state index in [1.54, 1.807) is 0 Å². The van der Waals surface area contributed by atoms with Gasteiger partial charge in [-0.05, 0) is 37.6 Å². The highest BCUT2D eigenvalue weighted by atomic mass is 32.2. The van der Waals surface area contributed by atoms with Gasteiger partial charge in [-0.1, -0.05) is 41.6 Å². The number of H-pyrrole nitrogens is 1. The molecule has 0 atom stereocenters. The molecule has 6 nitrogen and oxygen atoms in total. The summed E-state index contributed by atoms with van der Waals surface area (Å²) in [5, 5.41) is 10.9. The number of hydrogen-bond donors (Lipinski definition) is 2. The molecule has 0 bridgehead atoms. The number of benzene rings is 2. The molecule has 126 valence electrons. The fourth-order valence-corrected chi connectivity index (χ4v) is 3.57. The Labute approximate surface area is 148 Å². The lowest BCUT2D eigenvalue weighted by Gasteiger charge is -2.08. The van der Waals surface area contributed by atoms with Crippen molar-refractivity contribution in [2.24, 2.45) is 0 Å². The van der Waals surface area contributed by atoms with Gasteiger partial charge in [-0.2, -0.15) is 0 Å². The van der Waals surface area contributed by atoms with Crippen LogP contribution >= 0.6 is 11.8 Å². The molecule has 2 heterocycles. The molecule has 2 N–H and O–H groups in total. The maximum Gasteiger partial charge on any atom is 0.234 e. The van der Waals surface area contributed by atoms with Crippen LogP contribution in [-0.2, 0) is 4.79 Å². The summed E-state index contributed by atoms with van der Waals surface area (Å²) in [6, 6.07) is 13.8. The van der Waals surface area contributed by atoms with E-state index in [-0.39, 0.29) is 11.7 Å². The number of anilines is 1. The molecule has 0 aliphatic rings. The number of rotatable bonds is 4. The van der Waals surface area contributed by atoms with Crippen molar-refractivity contribution in [3.63, 3.8) is 0 Å². The highest BCUT2D eigenvalue weighted by Crippen LogP contribution is 2.23. The number of amides is 1. The molecule has 4 rings (SSSR count). The number of nitrogens with zero attached hydrogens (tertiary/aromatic N) is 3. The second kappa shape index (κ2) is 6.25. The number of para-hydroxylation sites is 2. The van der Waals surface area contributed by atoms with Gasteiger partial charge in [0.05, 0.1) is 16.8 Å². The Morgan fingerprint density at radius 2 is 2.08 bits per heavy atom. The van der Waals surface area contributed by atoms with Gasteiger partial charge in [0.25, 0.3) is 0 Å². The zero-order chi connectivity index (χ0) is 17.4. The van der Waals surface area contributed by atoms with Crippen LogP contribution in [0.2, 0.25) is 0 Å². The quantitative estimate of drug-likeness (QED) is 0.551. The molecule has 0 fully saturated rings. The largest absolute Gasteiger partial charge is 0.325 e. The number of aryl methyl sites for hydroxylation is 2. The number of carbonyl (C=O) groups excluding carboxylic acids is 1. The lowest BCUT2D eigenvalue weighted by molar-refractivity contribution is -0.113. The Kier molecular flexibility index (Phi) is 3.93. The van der Waals surface area contributed by atoms with E-state index in [0.29, 0.717) is 5.78 Å². The molecule has 2 aromatic carbocycles. The predicted molar refractivity (Wildman–Crippen MR) is 100 cm³/mol. The molecule has 0 radical (unpaired) electrons. The van der Waals surface area contributed by atoms with Crippen LogP contribution in [0.3, 0.4) is 0 Å². The minimum absolute atomic E-state index is 0.0578. The smallest absolute Gasteiger partial charge is 0.234 e. The summed E-state index contributed by atoms with van der Waals surface area (Å²) < 4.78 is 1.93. The second-order valence-electron chi connectivity index (χ2n) is 5.92. The van der Waals surface area contributed by atoms with E-state index in [1.807, 2.05) is 54.6 Å². The van der Waals surface area contributed by atoms with E-state index in [4.69, 9.17) is 0 Å². The maximum absolute atomic E-state index is 12.3. The summed E-state index contributed by atoms with van der Waals surface area (Å²) in [5.41, 5.74) is 4.95. The van der Waals surface area contributed by atoms with Crippen molar-refractivity contribution in [2.45, 2.75) is 19.0 Å². The molecule has 0 spiro atoms. The first-order valence-corrected chi connectivity index (χ1v) is 8.92. The standard InChI is InChI=1S/C18H17N5OS/c1-11-7-8-13(12(2)9-11)19-16(24)10-25-18-22-21-17-20-14-5-3-4-6-15(14)23(17)18/h3-9H,10H2,1-2H3,(H,19,24)(H,20,21). The van der Waals surface area contributed by atoms with Gasteiger partial charge in [0.1, 0.15) is 0 Å². The molecule has 25 heavy (non-hydrogen) atoms. The highest BCUT2D eigenvalue weighted by molar-refractivity contribution is 7.99. The summed E-state index contributed by atoms with van der Waals surface area (Å²) in [5.74, 6) is 0.899. The summed E-state index contributed by atoms with van der Waals surface area (Å²) >= 11 is 1.38. The van der Waals surface area contributed by atoms with Crippen molar-refractivity contribution < 1.29 is 4.79 Å². The number of fused-ring (bicyclic) bond motifs is 3. The Hall–Kier alpha value is -2.80. The summed E-state index contributed by atoms with van der Waals surface area (Å²) in [7, 11) is 0. The summed E-state index contributed by atoms with van der Waals surface area (Å²) in [4.78, 5) is 16.8. The van der Waals surface area contributed by atoms with Gasteiger partial charge < -0.3 is 5.32 Å². The average Bonchev–Trinajstić information content (AvgIpc) is 3.15. The number of imidazole rings is 1. The number of carbonyl (C=O) groups is 1. The van der Waals surface area contributed by atoms with Crippen LogP contribution < -0.4 is 5.32 Å². The fourth-order valence-electron chi connectivity index (χ4n) is 2.81. The molecule has 1 amide bonds. The van der Waals surface area contributed by atoms with Crippen LogP contribution in [0.15, 0.2) is 47.6 Å². The van der Waals surface area contributed by atoms with Crippen molar-refractivity contribution >= 4 is 40.2 Å². The van der Waals surface area contributed by atoms with Gasteiger partial charge >= 0.3 is 0 Å². The van der Waals surface area contributed by atoms with E-state index in [2.05, 4.69) is 26.6 Å². The van der Waals surface area contributed by atoms with E-state index < -0.39 is 0 Å². The van der Waals surface area contributed by atoms with Crippen LogP contribution in [0.4, 0.5) is 5.69 Å². The number of hydrogen-bond acceptors (Lipinski definition) is 4. The molecular weight excluding hydrogens is 334 g/mol. The second-order valence-corrected chi connectivity index (χ2v) is 6.86. The minimum atomic E-state index is -0.0578. The van der Waals surface area contributed by atoms with Gasteiger partial charge in [-0.15, -0.1) is 5.10 Å². The Morgan fingerprint density at radius 3 is 2.92 bits per heavy atom. The van der Waals surface area contributed by atoms with Crippen LogP contribution in [0.25, 0.3) is 16.8 Å². The van der Waals surface area contributed by atoms with E-state index in [9.17, 15) is 4.79 Å². The van der Waals surface area contributed by atoms with E-state index in [0.717, 1.165) is 27.4 Å². The van der Waals surface area contributed by atoms with Gasteiger partial charge in [0.15, 0.2) is 5.16 Å². The molecule has 2 aromatic heterocycles. The van der Waals surface area contributed by atoms with Crippen molar-refractivity contribution in [3.8, 4) is 0 Å². The monoisotopic (exact) mass is 351 g/mol. The Balaban J connectivity index is 1.51. The molecular formula is C18H17N5OS. The lowest BCUT2D eigenvalue weighted by atomic mass is 10.1. The minimum Gasteiger partial charge on any atom is -0.325 e. The molecule has 0 unspecified atom stereocenters. The molecule has 4 aromatic rings. The third kappa shape index (κ3) is 2.98. The van der Waals surface area contributed by atoms with Crippen LogP contribution in [0.1, 0.15) is 11.1 Å². The van der Waals surface area contributed by atoms with Gasteiger partial charge in [0, 0.05) is 5.69 Å². The zero-order valence-corrected chi connectivity index (χ0v) is 14.7. The van der Waals surface area contributed by atoms with Crippen molar-refractivity contribution in [3.05, 3.63) is 53.6 Å². The third-order valence-electron chi connectivity index (χ3n) is 3.99. The normalized spacial score (nSPS) is 11.3. The van der Waals surface area contributed by atoms with Crippen LogP contribution in [-0.4, -0.2) is 31.2 Å². The number of aromatic nitrogens is 4. The van der Waals surface area contributed by atoms with Crippen molar-refractivity contribution in [2.75, 3.05) is 11.1 Å². The first-order chi connectivity index (χ1) is 12.1. The van der Waals surface area contributed by atoms with Crippen LogP contribution in [0.5, 0.6) is 0 Å². The maximum atomic E-state index is 12.3. The summed E-state index contributed by atoms with van der Waals surface area (Å²) in [6.07, 6.45) is 0. The van der Waals surface area contributed by atoms with Gasteiger partial charge in [-0.3, -0.25) is 9.20 Å². The lowest BCUT2D eigenvalue weighted by Crippen LogP contribution is -2.15. The zero-order valence-electron chi connectivity index (χ0n) is 13.9.